The van der Waals surface area contributed by atoms with Gasteiger partial charge in [-0.1, -0.05) is 0 Å². The van der Waals surface area contributed by atoms with Gasteiger partial charge in [-0.05, 0) is 52.2 Å². The van der Waals surface area contributed by atoms with Gasteiger partial charge in [0.15, 0.2) is 0 Å². The number of hydrogen-bond donors (Lipinski definition) is 2. The number of hydrogen-bond acceptors (Lipinski definition) is 3. The first-order chi connectivity index (χ1) is 7.63. The van der Waals surface area contributed by atoms with Crippen molar-refractivity contribution >= 4 is 5.91 Å². The minimum atomic E-state index is 0.227. The van der Waals surface area contributed by atoms with Crippen LogP contribution in [-0.4, -0.2) is 44.5 Å². The van der Waals surface area contributed by atoms with Crippen LogP contribution in [-0.2, 0) is 4.79 Å². The van der Waals surface area contributed by atoms with E-state index in [1.54, 1.807) is 0 Å². The zero-order chi connectivity index (χ0) is 12.0. The van der Waals surface area contributed by atoms with Crippen LogP contribution in [0.25, 0.3) is 0 Å². The highest BCUT2D eigenvalue weighted by Gasteiger charge is 2.25. The van der Waals surface area contributed by atoms with Gasteiger partial charge in [-0.3, -0.25) is 4.79 Å². The van der Waals surface area contributed by atoms with Crippen molar-refractivity contribution < 1.29 is 4.79 Å². The number of nitrogens with zero attached hydrogens (tertiary/aromatic N) is 1. The van der Waals surface area contributed by atoms with Crippen molar-refractivity contribution in [3.8, 4) is 0 Å². The monoisotopic (exact) mass is 227 g/mol. The SMILES string of the molecule is CN(C)CCNC(=O)C1CCC(CN)CC1. The number of carbonyl (C=O) groups is 1. The van der Waals surface area contributed by atoms with Crippen molar-refractivity contribution in [3.05, 3.63) is 0 Å². The first-order valence-electron chi connectivity index (χ1n) is 6.26. The lowest BCUT2D eigenvalue weighted by Gasteiger charge is -2.26. The van der Waals surface area contributed by atoms with Gasteiger partial charge in [0, 0.05) is 19.0 Å². The van der Waals surface area contributed by atoms with Gasteiger partial charge in [0.25, 0.3) is 0 Å². The van der Waals surface area contributed by atoms with E-state index in [-0.39, 0.29) is 11.8 Å². The molecule has 4 heteroatoms. The van der Waals surface area contributed by atoms with Gasteiger partial charge in [0.1, 0.15) is 0 Å². The molecular weight excluding hydrogens is 202 g/mol. The summed E-state index contributed by atoms with van der Waals surface area (Å²) < 4.78 is 0. The van der Waals surface area contributed by atoms with Crippen LogP contribution in [0.5, 0.6) is 0 Å². The Morgan fingerprint density at radius 3 is 2.44 bits per heavy atom. The van der Waals surface area contributed by atoms with E-state index in [4.69, 9.17) is 5.73 Å². The van der Waals surface area contributed by atoms with Gasteiger partial charge in [0.05, 0.1) is 0 Å². The quantitative estimate of drug-likeness (QED) is 0.716. The van der Waals surface area contributed by atoms with Crippen molar-refractivity contribution in [2.75, 3.05) is 33.7 Å². The second-order valence-electron chi connectivity index (χ2n) is 5.05. The summed E-state index contributed by atoms with van der Waals surface area (Å²) in [4.78, 5) is 13.9. The van der Waals surface area contributed by atoms with E-state index in [9.17, 15) is 4.79 Å². The predicted molar refractivity (Wildman–Crippen MR) is 66.1 cm³/mol. The van der Waals surface area contributed by atoms with Crippen LogP contribution in [0.3, 0.4) is 0 Å². The van der Waals surface area contributed by atoms with Crippen LogP contribution in [0, 0.1) is 11.8 Å². The second-order valence-corrected chi connectivity index (χ2v) is 5.05. The molecular formula is C12H25N3O. The Hall–Kier alpha value is -0.610. The third kappa shape index (κ3) is 4.49. The number of amides is 1. The zero-order valence-electron chi connectivity index (χ0n) is 10.5. The van der Waals surface area contributed by atoms with E-state index in [1.807, 2.05) is 14.1 Å². The average Bonchev–Trinajstić information content (AvgIpc) is 2.28. The summed E-state index contributed by atoms with van der Waals surface area (Å²) in [5.41, 5.74) is 5.63. The molecule has 4 nitrogen and oxygen atoms in total. The fourth-order valence-corrected chi connectivity index (χ4v) is 2.21. The normalized spacial score (nSPS) is 25.8. The Balaban J connectivity index is 2.18. The molecule has 1 saturated carbocycles. The largest absolute Gasteiger partial charge is 0.355 e. The van der Waals surface area contributed by atoms with Crippen LogP contribution < -0.4 is 11.1 Å². The molecule has 1 amide bonds. The van der Waals surface area contributed by atoms with Crippen molar-refractivity contribution in [2.24, 2.45) is 17.6 Å². The Morgan fingerprint density at radius 1 is 1.31 bits per heavy atom. The molecule has 0 spiro atoms. The van der Waals surface area contributed by atoms with Crippen LogP contribution >= 0.6 is 0 Å². The Bertz CT molecular complexity index is 210. The van der Waals surface area contributed by atoms with E-state index < -0.39 is 0 Å². The summed E-state index contributed by atoms with van der Waals surface area (Å²) in [5, 5.41) is 3.00. The molecule has 0 aromatic rings. The summed E-state index contributed by atoms with van der Waals surface area (Å²) in [6.07, 6.45) is 4.25. The predicted octanol–water partition coefficient (Wildman–Crippen LogP) is 0.429. The number of likely N-dealkylation sites (N-methyl/N-ethyl adjacent to an activating group) is 1. The lowest BCUT2D eigenvalue weighted by molar-refractivity contribution is -0.126. The number of rotatable bonds is 5. The highest BCUT2D eigenvalue weighted by Crippen LogP contribution is 2.27. The lowest BCUT2D eigenvalue weighted by Crippen LogP contribution is -2.37. The topological polar surface area (TPSA) is 58.4 Å². The highest BCUT2D eigenvalue weighted by molar-refractivity contribution is 5.78. The third-order valence-corrected chi connectivity index (χ3v) is 3.41. The first-order valence-corrected chi connectivity index (χ1v) is 6.26. The maximum absolute atomic E-state index is 11.8. The molecule has 0 radical (unpaired) electrons. The maximum atomic E-state index is 11.8. The Morgan fingerprint density at radius 2 is 1.94 bits per heavy atom. The second kappa shape index (κ2) is 6.86. The lowest BCUT2D eigenvalue weighted by atomic mass is 9.81. The summed E-state index contributed by atoms with van der Waals surface area (Å²) in [6.45, 7) is 2.43. The number of carbonyl (C=O) groups excluding carboxylic acids is 1. The average molecular weight is 227 g/mol. The minimum absolute atomic E-state index is 0.227. The molecule has 0 aromatic carbocycles. The first kappa shape index (κ1) is 13.5. The van der Waals surface area contributed by atoms with Crippen LogP contribution in [0.1, 0.15) is 25.7 Å². The van der Waals surface area contributed by atoms with Crippen LogP contribution in [0.2, 0.25) is 0 Å². The molecule has 94 valence electrons. The third-order valence-electron chi connectivity index (χ3n) is 3.41. The van der Waals surface area contributed by atoms with E-state index in [1.165, 1.54) is 0 Å². The molecule has 16 heavy (non-hydrogen) atoms. The van der Waals surface area contributed by atoms with Crippen molar-refractivity contribution in [2.45, 2.75) is 25.7 Å². The molecule has 0 unspecified atom stereocenters. The Kier molecular flexibility index (Phi) is 5.77. The Labute approximate surface area is 98.6 Å². The molecule has 1 aliphatic carbocycles. The van der Waals surface area contributed by atoms with Gasteiger partial charge in [0.2, 0.25) is 5.91 Å². The molecule has 1 fully saturated rings. The van der Waals surface area contributed by atoms with E-state index >= 15 is 0 Å². The number of nitrogens with two attached hydrogens (primary N) is 1. The molecule has 0 aromatic heterocycles. The number of nitrogens with one attached hydrogen (secondary N) is 1. The van der Waals surface area contributed by atoms with Gasteiger partial charge >= 0.3 is 0 Å². The molecule has 0 heterocycles. The molecule has 0 bridgehead atoms. The summed E-state index contributed by atoms with van der Waals surface area (Å²) in [6, 6.07) is 0. The molecule has 1 rings (SSSR count). The van der Waals surface area contributed by atoms with Gasteiger partial charge < -0.3 is 16.0 Å². The highest BCUT2D eigenvalue weighted by atomic mass is 16.1. The maximum Gasteiger partial charge on any atom is 0.223 e. The van der Waals surface area contributed by atoms with Crippen molar-refractivity contribution in [1.82, 2.24) is 10.2 Å². The van der Waals surface area contributed by atoms with Crippen molar-refractivity contribution in [1.29, 1.82) is 0 Å². The smallest absolute Gasteiger partial charge is 0.223 e. The summed E-state index contributed by atoms with van der Waals surface area (Å²) >= 11 is 0. The standard InChI is InChI=1S/C12H25N3O/c1-15(2)8-7-14-12(16)11-5-3-10(9-13)4-6-11/h10-11H,3-9,13H2,1-2H3,(H,14,16). The molecule has 3 N–H and O–H groups in total. The molecule has 0 atom stereocenters. The molecule has 1 aliphatic rings. The van der Waals surface area contributed by atoms with E-state index in [0.717, 1.165) is 45.3 Å². The van der Waals surface area contributed by atoms with Crippen LogP contribution in [0.15, 0.2) is 0 Å². The van der Waals surface area contributed by atoms with Gasteiger partial charge in [-0.2, -0.15) is 0 Å². The van der Waals surface area contributed by atoms with Crippen LogP contribution in [0.4, 0.5) is 0 Å². The van der Waals surface area contributed by atoms with Gasteiger partial charge in [-0.15, -0.1) is 0 Å². The van der Waals surface area contributed by atoms with Gasteiger partial charge in [-0.25, -0.2) is 0 Å². The summed E-state index contributed by atoms with van der Waals surface area (Å²) in [5.74, 6) is 1.10. The fourth-order valence-electron chi connectivity index (χ4n) is 2.21. The van der Waals surface area contributed by atoms with Crippen molar-refractivity contribution in [3.63, 3.8) is 0 Å². The summed E-state index contributed by atoms with van der Waals surface area (Å²) in [7, 11) is 4.03. The van der Waals surface area contributed by atoms with E-state index in [0.29, 0.717) is 5.92 Å². The van der Waals surface area contributed by atoms with E-state index in [2.05, 4.69) is 10.2 Å². The molecule has 0 aliphatic heterocycles. The minimum Gasteiger partial charge on any atom is -0.355 e. The zero-order valence-corrected chi connectivity index (χ0v) is 10.5. The fraction of sp³-hybridized carbons (Fsp3) is 0.917. The molecule has 0 saturated heterocycles.